The standard InChI is InChI=1S/C21H31N7OS/c1-5-9-27-19(17-7-6-8-22-14-17)24-28(20(27)30)16-26-12-10-25(11-13-26)15-18(29)23-21(2,3)4/h5-8,14H,1,9-13,15-16H2,2-4H3,(H,23,29). The molecule has 0 aliphatic carbocycles. The summed E-state index contributed by atoms with van der Waals surface area (Å²) in [6.07, 6.45) is 5.36. The number of hydrogen-bond donors (Lipinski definition) is 1. The van der Waals surface area contributed by atoms with Crippen molar-refractivity contribution in [3.8, 4) is 11.4 Å². The number of carbonyl (C=O) groups excluding carboxylic acids is 1. The summed E-state index contributed by atoms with van der Waals surface area (Å²) in [5, 5.41) is 7.79. The number of aromatic nitrogens is 4. The number of pyridine rings is 1. The predicted octanol–water partition coefficient (Wildman–Crippen LogP) is 2.15. The fourth-order valence-corrected chi connectivity index (χ4v) is 3.73. The minimum absolute atomic E-state index is 0.0717. The van der Waals surface area contributed by atoms with Gasteiger partial charge in [0.25, 0.3) is 0 Å². The fraction of sp³-hybridized carbons (Fsp3) is 0.524. The van der Waals surface area contributed by atoms with Crippen molar-refractivity contribution in [2.45, 2.75) is 39.5 Å². The van der Waals surface area contributed by atoms with Crippen LogP contribution in [0.4, 0.5) is 0 Å². The highest BCUT2D eigenvalue weighted by atomic mass is 32.1. The summed E-state index contributed by atoms with van der Waals surface area (Å²) in [4.78, 5) is 20.9. The van der Waals surface area contributed by atoms with Gasteiger partial charge in [-0.3, -0.25) is 24.1 Å². The van der Waals surface area contributed by atoms with Gasteiger partial charge in [-0.15, -0.1) is 6.58 Å². The van der Waals surface area contributed by atoms with Crippen molar-refractivity contribution >= 4 is 18.1 Å². The molecule has 0 radical (unpaired) electrons. The molecular weight excluding hydrogens is 398 g/mol. The molecular formula is C21H31N7OS. The Bertz CT molecular complexity index is 921. The number of carbonyl (C=O) groups is 1. The molecule has 0 atom stereocenters. The van der Waals surface area contributed by atoms with E-state index in [-0.39, 0.29) is 11.4 Å². The third kappa shape index (κ3) is 5.84. The molecule has 0 spiro atoms. The van der Waals surface area contributed by atoms with Crippen LogP contribution in [0.1, 0.15) is 20.8 Å². The van der Waals surface area contributed by atoms with Crippen molar-refractivity contribution in [1.82, 2.24) is 34.4 Å². The summed E-state index contributed by atoms with van der Waals surface area (Å²) < 4.78 is 4.51. The Balaban J connectivity index is 1.63. The topological polar surface area (TPSA) is 71.2 Å². The van der Waals surface area contributed by atoms with E-state index in [1.165, 1.54) is 0 Å². The second-order valence-corrected chi connectivity index (χ2v) is 8.95. The van der Waals surface area contributed by atoms with E-state index in [4.69, 9.17) is 17.3 Å². The maximum atomic E-state index is 12.2. The highest BCUT2D eigenvalue weighted by Gasteiger charge is 2.22. The van der Waals surface area contributed by atoms with Crippen LogP contribution in [0.25, 0.3) is 11.4 Å². The van der Waals surface area contributed by atoms with Crippen LogP contribution in [-0.2, 0) is 18.0 Å². The highest BCUT2D eigenvalue weighted by Crippen LogP contribution is 2.18. The molecule has 1 amide bonds. The summed E-state index contributed by atoms with van der Waals surface area (Å²) in [5.41, 5.74) is 0.727. The molecule has 0 saturated carbocycles. The van der Waals surface area contributed by atoms with Crippen molar-refractivity contribution in [2.75, 3.05) is 32.7 Å². The lowest BCUT2D eigenvalue weighted by molar-refractivity contribution is -0.124. The molecule has 1 aliphatic heterocycles. The van der Waals surface area contributed by atoms with Gasteiger partial charge < -0.3 is 5.32 Å². The van der Waals surface area contributed by atoms with Crippen LogP contribution in [0.15, 0.2) is 37.2 Å². The van der Waals surface area contributed by atoms with Gasteiger partial charge in [-0.2, -0.15) is 5.10 Å². The van der Waals surface area contributed by atoms with Crippen LogP contribution in [0.5, 0.6) is 0 Å². The van der Waals surface area contributed by atoms with Crippen molar-refractivity contribution in [3.05, 3.63) is 42.0 Å². The monoisotopic (exact) mass is 429 g/mol. The first-order valence-electron chi connectivity index (χ1n) is 10.2. The van der Waals surface area contributed by atoms with E-state index in [0.29, 0.717) is 24.5 Å². The number of rotatable bonds is 7. The second kappa shape index (κ2) is 9.63. The summed E-state index contributed by atoms with van der Waals surface area (Å²) in [6.45, 7) is 14.9. The van der Waals surface area contributed by atoms with Gasteiger partial charge in [0.05, 0.1) is 13.2 Å². The molecule has 0 unspecified atom stereocenters. The van der Waals surface area contributed by atoms with Gasteiger partial charge in [-0.1, -0.05) is 6.08 Å². The van der Waals surface area contributed by atoms with Gasteiger partial charge in [0, 0.05) is 56.2 Å². The molecule has 2 aromatic heterocycles. The van der Waals surface area contributed by atoms with Gasteiger partial charge in [0.15, 0.2) is 10.6 Å². The van der Waals surface area contributed by atoms with Crippen LogP contribution in [0, 0.1) is 4.77 Å². The van der Waals surface area contributed by atoms with Gasteiger partial charge in [-0.05, 0) is 45.1 Å². The van der Waals surface area contributed by atoms with Crippen LogP contribution < -0.4 is 5.32 Å². The van der Waals surface area contributed by atoms with Gasteiger partial charge in [0.2, 0.25) is 5.91 Å². The highest BCUT2D eigenvalue weighted by molar-refractivity contribution is 7.71. The van der Waals surface area contributed by atoms with E-state index in [9.17, 15) is 4.79 Å². The van der Waals surface area contributed by atoms with E-state index < -0.39 is 0 Å². The molecule has 3 rings (SSSR count). The Morgan fingerprint density at radius 1 is 1.27 bits per heavy atom. The Morgan fingerprint density at radius 2 is 1.97 bits per heavy atom. The number of hydrogen-bond acceptors (Lipinski definition) is 6. The lowest BCUT2D eigenvalue weighted by Gasteiger charge is -2.34. The smallest absolute Gasteiger partial charge is 0.234 e. The molecule has 9 heteroatoms. The minimum Gasteiger partial charge on any atom is -0.350 e. The van der Waals surface area contributed by atoms with Crippen LogP contribution in [0.2, 0.25) is 0 Å². The summed E-state index contributed by atoms with van der Waals surface area (Å²) in [5.74, 6) is 0.868. The maximum absolute atomic E-state index is 12.2. The molecule has 1 aliphatic rings. The average molecular weight is 430 g/mol. The summed E-state index contributed by atoms with van der Waals surface area (Å²) in [7, 11) is 0. The fourth-order valence-electron chi connectivity index (χ4n) is 3.47. The first kappa shape index (κ1) is 22.3. The predicted molar refractivity (Wildman–Crippen MR) is 120 cm³/mol. The zero-order valence-corrected chi connectivity index (χ0v) is 18.9. The molecule has 30 heavy (non-hydrogen) atoms. The zero-order valence-electron chi connectivity index (χ0n) is 18.0. The molecule has 2 aromatic rings. The number of nitrogens with one attached hydrogen (secondary N) is 1. The van der Waals surface area contributed by atoms with Crippen LogP contribution in [0.3, 0.4) is 0 Å². The van der Waals surface area contributed by atoms with Gasteiger partial charge >= 0.3 is 0 Å². The van der Waals surface area contributed by atoms with E-state index in [2.05, 4.69) is 26.7 Å². The first-order chi connectivity index (χ1) is 14.3. The third-order valence-electron chi connectivity index (χ3n) is 4.83. The molecule has 8 nitrogen and oxygen atoms in total. The Hall–Kier alpha value is -2.36. The molecule has 1 saturated heterocycles. The van der Waals surface area contributed by atoms with Crippen molar-refractivity contribution in [2.24, 2.45) is 0 Å². The number of nitrogens with zero attached hydrogens (tertiary/aromatic N) is 6. The molecule has 1 N–H and O–H groups in total. The first-order valence-corrected chi connectivity index (χ1v) is 10.6. The van der Waals surface area contributed by atoms with Crippen molar-refractivity contribution < 1.29 is 4.79 Å². The number of amides is 1. The number of allylic oxidation sites excluding steroid dienone is 1. The van der Waals surface area contributed by atoms with Crippen LogP contribution >= 0.6 is 12.2 Å². The lowest BCUT2D eigenvalue weighted by atomic mass is 10.1. The Labute approximate surface area is 183 Å². The maximum Gasteiger partial charge on any atom is 0.234 e. The van der Waals surface area contributed by atoms with E-state index in [0.717, 1.165) is 37.6 Å². The SMILES string of the molecule is C=CCn1c(-c2cccnc2)nn(CN2CCN(CC(=O)NC(C)(C)C)CC2)c1=S. The van der Waals surface area contributed by atoms with Gasteiger partial charge in [0.1, 0.15) is 0 Å². The molecule has 3 heterocycles. The minimum atomic E-state index is -0.203. The third-order valence-corrected chi connectivity index (χ3v) is 5.27. The van der Waals surface area contributed by atoms with Crippen LogP contribution in [-0.4, -0.2) is 73.3 Å². The second-order valence-electron chi connectivity index (χ2n) is 8.58. The van der Waals surface area contributed by atoms with E-state index in [1.807, 2.05) is 48.2 Å². The summed E-state index contributed by atoms with van der Waals surface area (Å²) in [6, 6.07) is 3.88. The largest absolute Gasteiger partial charge is 0.350 e. The zero-order chi connectivity index (χ0) is 21.7. The normalized spacial score (nSPS) is 15.8. The molecule has 0 aromatic carbocycles. The van der Waals surface area contributed by atoms with E-state index in [1.54, 1.807) is 12.4 Å². The number of piperazine rings is 1. The lowest BCUT2D eigenvalue weighted by Crippen LogP contribution is -2.51. The van der Waals surface area contributed by atoms with Gasteiger partial charge in [-0.25, -0.2) is 4.68 Å². The molecule has 0 bridgehead atoms. The molecule has 162 valence electrons. The van der Waals surface area contributed by atoms with E-state index >= 15 is 0 Å². The average Bonchev–Trinajstić information content (AvgIpc) is 2.99. The van der Waals surface area contributed by atoms with Crippen molar-refractivity contribution in [1.29, 1.82) is 0 Å². The summed E-state index contributed by atoms with van der Waals surface area (Å²) >= 11 is 5.68. The molecule has 1 fully saturated rings. The Kier molecular flexibility index (Phi) is 7.17. The van der Waals surface area contributed by atoms with Crippen molar-refractivity contribution in [3.63, 3.8) is 0 Å². The Morgan fingerprint density at radius 3 is 2.57 bits per heavy atom. The quantitative estimate of drug-likeness (QED) is 0.537.